The van der Waals surface area contributed by atoms with Gasteiger partial charge in [-0.15, -0.1) is 0 Å². The Balaban J connectivity index is 2.73. The molecule has 92 valence electrons. The summed E-state index contributed by atoms with van der Waals surface area (Å²) in [4.78, 5) is 22.5. The van der Waals surface area contributed by atoms with Crippen LogP contribution >= 0.6 is 0 Å². The molecule has 1 atom stereocenters. The van der Waals surface area contributed by atoms with Crippen molar-refractivity contribution in [3.05, 3.63) is 35.4 Å². The third kappa shape index (κ3) is 3.67. The number of amides is 1. The molecule has 0 saturated heterocycles. The van der Waals surface area contributed by atoms with Crippen molar-refractivity contribution in [2.45, 2.75) is 25.9 Å². The second-order valence-corrected chi connectivity index (χ2v) is 3.81. The molecule has 1 amide bonds. The summed E-state index contributed by atoms with van der Waals surface area (Å²) in [5.74, 6) is -0.149. The minimum Gasteiger partial charge on any atom is -0.388 e. The monoisotopic (exact) mass is 235 g/mol. The van der Waals surface area contributed by atoms with Gasteiger partial charge in [0.15, 0.2) is 0 Å². The first-order valence-electron chi connectivity index (χ1n) is 5.60. The van der Waals surface area contributed by atoms with Crippen molar-refractivity contribution in [3.63, 3.8) is 0 Å². The van der Waals surface area contributed by atoms with Gasteiger partial charge in [0.2, 0.25) is 0 Å². The van der Waals surface area contributed by atoms with Crippen LogP contribution in [0.2, 0.25) is 0 Å². The van der Waals surface area contributed by atoms with E-state index in [0.717, 1.165) is 0 Å². The second-order valence-electron chi connectivity index (χ2n) is 3.81. The summed E-state index contributed by atoms with van der Waals surface area (Å²) in [6.45, 7) is 1.77. The first-order chi connectivity index (χ1) is 8.08. The Labute approximate surface area is 101 Å². The highest BCUT2D eigenvalue weighted by atomic mass is 16.3. The predicted molar refractivity (Wildman–Crippen MR) is 64.7 cm³/mol. The fourth-order valence-electron chi connectivity index (χ4n) is 1.48. The van der Waals surface area contributed by atoms with Crippen molar-refractivity contribution < 1.29 is 14.7 Å². The highest BCUT2D eigenvalue weighted by Crippen LogP contribution is 2.18. The van der Waals surface area contributed by atoms with Gasteiger partial charge in [-0.2, -0.15) is 0 Å². The molecule has 0 aromatic heterocycles. The Bertz CT molecular complexity index is 398. The summed E-state index contributed by atoms with van der Waals surface area (Å²) >= 11 is 0. The molecular weight excluding hydrogens is 218 g/mol. The van der Waals surface area contributed by atoms with Crippen LogP contribution in [0.4, 0.5) is 0 Å². The Kier molecular flexibility index (Phi) is 4.84. The van der Waals surface area contributed by atoms with Gasteiger partial charge in [-0.25, -0.2) is 0 Å². The number of hydrogen-bond donors (Lipinski definition) is 2. The van der Waals surface area contributed by atoms with Crippen LogP contribution in [0, 0.1) is 0 Å². The molecule has 0 fully saturated rings. The molecule has 0 heterocycles. The third-order valence-corrected chi connectivity index (χ3v) is 2.60. The number of aliphatic hydroxyl groups excluding tert-OH is 1. The summed E-state index contributed by atoms with van der Waals surface area (Å²) in [5.41, 5.74) is 1.18. The van der Waals surface area contributed by atoms with Crippen LogP contribution in [0.15, 0.2) is 24.3 Å². The van der Waals surface area contributed by atoms with E-state index in [-0.39, 0.29) is 18.1 Å². The molecule has 1 rings (SSSR count). The quantitative estimate of drug-likeness (QED) is 0.811. The number of ketones is 1. The lowest BCUT2D eigenvalue weighted by Crippen LogP contribution is -2.17. The number of Topliss-reactive ketones (excluding diaryl/α,β-unsaturated/α-hetero) is 1. The molecule has 0 bridgehead atoms. The smallest absolute Gasteiger partial charge is 0.251 e. The normalized spacial score (nSPS) is 11.9. The van der Waals surface area contributed by atoms with E-state index in [1.807, 2.05) is 0 Å². The Hall–Kier alpha value is -1.68. The molecule has 1 aromatic rings. The first-order valence-corrected chi connectivity index (χ1v) is 5.60. The van der Waals surface area contributed by atoms with Crippen molar-refractivity contribution >= 4 is 11.7 Å². The van der Waals surface area contributed by atoms with Gasteiger partial charge in [0.1, 0.15) is 5.78 Å². The van der Waals surface area contributed by atoms with Crippen LogP contribution in [-0.4, -0.2) is 23.8 Å². The number of carbonyl (C=O) groups excluding carboxylic acids is 2. The molecule has 0 saturated carbocycles. The summed E-state index contributed by atoms with van der Waals surface area (Å²) in [5, 5.41) is 12.3. The highest BCUT2D eigenvalue weighted by molar-refractivity contribution is 5.93. The van der Waals surface area contributed by atoms with Crippen molar-refractivity contribution in [3.8, 4) is 0 Å². The second kappa shape index (κ2) is 6.15. The van der Waals surface area contributed by atoms with E-state index in [0.29, 0.717) is 17.5 Å². The molecule has 1 aromatic carbocycles. The van der Waals surface area contributed by atoms with Crippen molar-refractivity contribution in [2.75, 3.05) is 7.05 Å². The Morgan fingerprint density at radius 2 is 1.88 bits per heavy atom. The number of rotatable bonds is 5. The lowest BCUT2D eigenvalue weighted by atomic mass is 10.0. The maximum absolute atomic E-state index is 11.3. The topological polar surface area (TPSA) is 66.4 Å². The van der Waals surface area contributed by atoms with Gasteiger partial charge in [0.05, 0.1) is 6.10 Å². The van der Waals surface area contributed by atoms with Gasteiger partial charge >= 0.3 is 0 Å². The van der Waals surface area contributed by atoms with E-state index in [9.17, 15) is 14.7 Å². The molecule has 4 heteroatoms. The molecule has 1 unspecified atom stereocenters. The number of aliphatic hydroxyl groups is 1. The predicted octanol–water partition coefficient (Wildman–Crippen LogP) is 1.45. The molecule has 0 aliphatic rings. The van der Waals surface area contributed by atoms with Crippen LogP contribution in [0.3, 0.4) is 0 Å². The van der Waals surface area contributed by atoms with E-state index in [4.69, 9.17) is 0 Å². The maximum Gasteiger partial charge on any atom is 0.251 e. The standard InChI is InChI=1S/C13H17NO3/c1-3-11(15)8-12(16)9-4-6-10(7-5-9)13(17)14-2/h4-7,12,16H,3,8H2,1-2H3,(H,14,17). The van der Waals surface area contributed by atoms with E-state index >= 15 is 0 Å². The Morgan fingerprint density at radius 3 is 2.35 bits per heavy atom. The Morgan fingerprint density at radius 1 is 1.29 bits per heavy atom. The minimum atomic E-state index is -0.791. The molecule has 4 nitrogen and oxygen atoms in total. The zero-order valence-corrected chi connectivity index (χ0v) is 10.1. The molecule has 17 heavy (non-hydrogen) atoms. The molecule has 0 radical (unpaired) electrons. The molecule has 0 aliphatic heterocycles. The van der Waals surface area contributed by atoms with E-state index < -0.39 is 6.10 Å². The minimum absolute atomic E-state index is 0.0212. The lowest BCUT2D eigenvalue weighted by Gasteiger charge is -2.10. The summed E-state index contributed by atoms with van der Waals surface area (Å²) < 4.78 is 0. The number of benzene rings is 1. The summed E-state index contributed by atoms with van der Waals surface area (Å²) in [6, 6.07) is 6.60. The van der Waals surface area contributed by atoms with Gasteiger partial charge in [-0.1, -0.05) is 19.1 Å². The van der Waals surface area contributed by atoms with Crippen LogP contribution in [-0.2, 0) is 4.79 Å². The zero-order valence-electron chi connectivity index (χ0n) is 10.1. The van der Waals surface area contributed by atoms with Gasteiger partial charge < -0.3 is 10.4 Å². The highest BCUT2D eigenvalue weighted by Gasteiger charge is 2.12. The summed E-state index contributed by atoms with van der Waals surface area (Å²) in [7, 11) is 1.56. The molecule has 0 spiro atoms. The SMILES string of the molecule is CCC(=O)CC(O)c1ccc(C(=O)NC)cc1. The van der Waals surface area contributed by atoms with Crippen molar-refractivity contribution in [2.24, 2.45) is 0 Å². The molecule has 2 N–H and O–H groups in total. The van der Waals surface area contributed by atoms with Crippen LogP contribution < -0.4 is 5.32 Å². The third-order valence-electron chi connectivity index (χ3n) is 2.60. The average Bonchev–Trinajstić information content (AvgIpc) is 2.37. The zero-order chi connectivity index (χ0) is 12.8. The average molecular weight is 235 g/mol. The van der Waals surface area contributed by atoms with Gasteiger partial charge in [-0.3, -0.25) is 9.59 Å². The largest absolute Gasteiger partial charge is 0.388 e. The van der Waals surface area contributed by atoms with Gasteiger partial charge in [0.25, 0.3) is 5.91 Å². The number of hydrogen-bond acceptors (Lipinski definition) is 3. The first kappa shape index (κ1) is 13.4. The van der Waals surface area contributed by atoms with E-state index in [2.05, 4.69) is 5.32 Å². The van der Waals surface area contributed by atoms with Gasteiger partial charge in [-0.05, 0) is 17.7 Å². The van der Waals surface area contributed by atoms with E-state index in [1.165, 1.54) is 0 Å². The molecular formula is C13H17NO3. The maximum atomic E-state index is 11.3. The lowest BCUT2D eigenvalue weighted by molar-refractivity contribution is -0.120. The number of nitrogens with one attached hydrogen (secondary N) is 1. The van der Waals surface area contributed by atoms with Crippen LogP contribution in [0.5, 0.6) is 0 Å². The fraction of sp³-hybridized carbons (Fsp3) is 0.385. The van der Waals surface area contributed by atoms with Crippen LogP contribution in [0.1, 0.15) is 41.8 Å². The molecule has 0 aliphatic carbocycles. The van der Waals surface area contributed by atoms with Gasteiger partial charge in [0, 0.05) is 25.5 Å². The van der Waals surface area contributed by atoms with Crippen molar-refractivity contribution in [1.82, 2.24) is 5.32 Å². The number of carbonyl (C=O) groups is 2. The van der Waals surface area contributed by atoms with E-state index in [1.54, 1.807) is 38.2 Å². The summed E-state index contributed by atoms with van der Waals surface area (Å²) in [6.07, 6.45) is -0.246. The van der Waals surface area contributed by atoms with Crippen molar-refractivity contribution in [1.29, 1.82) is 0 Å². The van der Waals surface area contributed by atoms with Crippen LogP contribution in [0.25, 0.3) is 0 Å². The fourth-order valence-corrected chi connectivity index (χ4v) is 1.48.